The fraction of sp³-hybridized carbons (Fsp3) is 0.474. The Bertz CT molecular complexity index is 761. The lowest BCUT2D eigenvalue weighted by Crippen LogP contribution is -2.57. The lowest BCUT2D eigenvalue weighted by molar-refractivity contribution is -0.157. The van der Waals surface area contributed by atoms with Gasteiger partial charge >= 0.3 is 0 Å². The molecule has 1 aromatic carbocycles. The summed E-state index contributed by atoms with van der Waals surface area (Å²) in [6, 6.07) is 9.59. The number of hydrogen-bond donors (Lipinski definition) is 3. The van der Waals surface area contributed by atoms with E-state index in [-0.39, 0.29) is 12.5 Å². The van der Waals surface area contributed by atoms with Crippen molar-refractivity contribution in [1.29, 1.82) is 0 Å². The molecule has 7 heteroatoms. The van der Waals surface area contributed by atoms with Crippen LogP contribution in [-0.2, 0) is 17.9 Å². The van der Waals surface area contributed by atoms with Gasteiger partial charge in [-0.2, -0.15) is 5.10 Å². The van der Waals surface area contributed by atoms with Crippen molar-refractivity contribution in [2.45, 2.75) is 38.5 Å². The van der Waals surface area contributed by atoms with Crippen molar-refractivity contribution in [2.24, 2.45) is 0 Å². The predicted octanol–water partition coefficient (Wildman–Crippen LogP) is 1.37. The summed E-state index contributed by atoms with van der Waals surface area (Å²) in [6.45, 7) is 3.78. The molecule has 1 aliphatic heterocycles. The van der Waals surface area contributed by atoms with E-state index in [1.165, 1.54) is 0 Å². The summed E-state index contributed by atoms with van der Waals surface area (Å²) >= 11 is 0. The molecule has 1 aromatic heterocycles. The van der Waals surface area contributed by atoms with Gasteiger partial charge in [0.25, 0.3) is 5.91 Å². The molecule has 0 unspecified atom stereocenters. The maximum absolute atomic E-state index is 12.8. The topological polar surface area (TPSA) is 90.5 Å². The third-order valence-electron chi connectivity index (χ3n) is 4.69. The van der Waals surface area contributed by atoms with Crippen LogP contribution in [0, 0.1) is 6.92 Å². The van der Waals surface area contributed by atoms with Gasteiger partial charge in [0, 0.05) is 31.9 Å². The zero-order valence-corrected chi connectivity index (χ0v) is 15.3. The van der Waals surface area contributed by atoms with Crippen molar-refractivity contribution < 1.29 is 14.6 Å². The van der Waals surface area contributed by atoms with Crippen LogP contribution in [0.4, 0.5) is 0 Å². The van der Waals surface area contributed by atoms with Gasteiger partial charge in [-0.25, -0.2) is 0 Å². The van der Waals surface area contributed by atoms with Crippen LogP contribution in [0.2, 0.25) is 0 Å². The fourth-order valence-corrected chi connectivity index (χ4v) is 3.33. The average Bonchev–Trinajstić information content (AvgIpc) is 3.04. The standard InChI is InChI=1S/C19H26N4O3/c1-14-9-16(22-21-14)11-20-13-19(25)7-4-8-23(18(19)24)12-15-5-3-6-17(10-15)26-2/h3,5-6,9-10,20,25H,4,7-8,11-13H2,1-2H3,(H,21,22)/t19-/m1/s1. The number of aromatic nitrogens is 2. The Morgan fingerprint density at radius 2 is 2.27 bits per heavy atom. The molecule has 0 spiro atoms. The molecule has 7 nitrogen and oxygen atoms in total. The van der Waals surface area contributed by atoms with Gasteiger partial charge in [-0.05, 0) is 43.5 Å². The van der Waals surface area contributed by atoms with Crippen LogP contribution in [0.3, 0.4) is 0 Å². The summed E-state index contributed by atoms with van der Waals surface area (Å²) in [7, 11) is 1.62. The monoisotopic (exact) mass is 358 g/mol. The molecule has 0 bridgehead atoms. The number of amides is 1. The molecule has 1 fully saturated rings. The molecule has 0 radical (unpaired) electrons. The molecule has 26 heavy (non-hydrogen) atoms. The number of ether oxygens (including phenoxy) is 1. The Morgan fingerprint density at radius 3 is 3.00 bits per heavy atom. The summed E-state index contributed by atoms with van der Waals surface area (Å²) in [6.07, 6.45) is 1.24. The van der Waals surface area contributed by atoms with Crippen molar-refractivity contribution >= 4 is 5.91 Å². The number of hydrogen-bond acceptors (Lipinski definition) is 5. The Morgan fingerprint density at radius 1 is 1.42 bits per heavy atom. The summed E-state index contributed by atoms with van der Waals surface area (Å²) < 4.78 is 5.24. The molecule has 140 valence electrons. The second-order valence-electron chi connectivity index (χ2n) is 6.86. The van der Waals surface area contributed by atoms with Crippen LogP contribution >= 0.6 is 0 Å². The number of H-pyrrole nitrogens is 1. The molecule has 1 atom stereocenters. The van der Waals surface area contributed by atoms with E-state index in [1.807, 2.05) is 37.3 Å². The van der Waals surface area contributed by atoms with E-state index in [0.717, 1.165) is 29.1 Å². The third kappa shape index (κ3) is 4.23. The molecule has 2 heterocycles. The number of rotatable bonds is 7. The molecule has 0 saturated carbocycles. The lowest BCUT2D eigenvalue weighted by atomic mass is 9.91. The number of benzene rings is 1. The Balaban J connectivity index is 1.60. The zero-order chi connectivity index (χ0) is 18.6. The average molecular weight is 358 g/mol. The first-order valence-electron chi connectivity index (χ1n) is 8.86. The lowest BCUT2D eigenvalue weighted by Gasteiger charge is -2.38. The highest BCUT2D eigenvalue weighted by molar-refractivity contribution is 5.86. The molecule has 3 rings (SSSR count). The van der Waals surface area contributed by atoms with Gasteiger partial charge in [0.2, 0.25) is 0 Å². The zero-order valence-electron chi connectivity index (χ0n) is 15.3. The highest BCUT2D eigenvalue weighted by Gasteiger charge is 2.41. The number of aliphatic hydroxyl groups is 1. The van der Waals surface area contributed by atoms with Gasteiger partial charge in [-0.1, -0.05) is 12.1 Å². The van der Waals surface area contributed by atoms with E-state index in [9.17, 15) is 9.90 Å². The number of likely N-dealkylation sites (tertiary alicyclic amines) is 1. The quantitative estimate of drug-likeness (QED) is 0.695. The van der Waals surface area contributed by atoms with Gasteiger partial charge < -0.3 is 20.1 Å². The minimum Gasteiger partial charge on any atom is -0.497 e. The largest absolute Gasteiger partial charge is 0.497 e. The van der Waals surface area contributed by atoms with Gasteiger partial charge in [0.15, 0.2) is 5.60 Å². The number of nitrogens with one attached hydrogen (secondary N) is 2. The van der Waals surface area contributed by atoms with E-state index < -0.39 is 5.60 Å². The summed E-state index contributed by atoms with van der Waals surface area (Å²) in [5, 5.41) is 21.1. The van der Waals surface area contributed by atoms with E-state index in [2.05, 4.69) is 15.5 Å². The Kier molecular flexibility index (Phi) is 5.58. The molecule has 1 aliphatic rings. The van der Waals surface area contributed by atoms with Crippen molar-refractivity contribution in [2.75, 3.05) is 20.2 Å². The third-order valence-corrected chi connectivity index (χ3v) is 4.69. The fourth-order valence-electron chi connectivity index (χ4n) is 3.33. The molecule has 0 aliphatic carbocycles. The number of nitrogens with zero attached hydrogens (tertiary/aromatic N) is 2. The molecule has 1 saturated heterocycles. The molecular formula is C19H26N4O3. The smallest absolute Gasteiger partial charge is 0.256 e. The van der Waals surface area contributed by atoms with Crippen LogP contribution < -0.4 is 10.1 Å². The van der Waals surface area contributed by atoms with Gasteiger partial charge in [-0.3, -0.25) is 9.89 Å². The summed E-state index contributed by atoms with van der Waals surface area (Å²) in [4.78, 5) is 14.6. The second-order valence-corrected chi connectivity index (χ2v) is 6.86. The number of aryl methyl sites for hydroxylation is 1. The molecule has 2 aromatic rings. The van der Waals surface area contributed by atoms with Crippen LogP contribution in [0.25, 0.3) is 0 Å². The normalized spacial score (nSPS) is 20.4. The minimum absolute atomic E-state index is 0.215. The van der Waals surface area contributed by atoms with E-state index in [1.54, 1.807) is 12.0 Å². The van der Waals surface area contributed by atoms with Crippen molar-refractivity contribution in [3.05, 3.63) is 47.3 Å². The van der Waals surface area contributed by atoms with Gasteiger partial charge in [0.1, 0.15) is 5.75 Å². The number of piperidine rings is 1. The van der Waals surface area contributed by atoms with Crippen molar-refractivity contribution in [3.8, 4) is 5.75 Å². The minimum atomic E-state index is -1.37. The number of carbonyl (C=O) groups excluding carboxylic acids is 1. The van der Waals surface area contributed by atoms with Crippen LogP contribution in [0.5, 0.6) is 5.75 Å². The van der Waals surface area contributed by atoms with Crippen LogP contribution in [0.15, 0.2) is 30.3 Å². The maximum Gasteiger partial charge on any atom is 0.256 e. The Hall–Kier alpha value is -2.38. The van der Waals surface area contributed by atoms with Crippen molar-refractivity contribution in [3.63, 3.8) is 0 Å². The van der Waals surface area contributed by atoms with Crippen molar-refractivity contribution in [1.82, 2.24) is 20.4 Å². The predicted molar refractivity (Wildman–Crippen MR) is 97.6 cm³/mol. The SMILES string of the molecule is COc1cccc(CN2CCC[C@@](O)(CNCc3cc(C)[nH]n3)C2=O)c1. The molecule has 1 amide bonds. The van der Waals surface area contributed by atoms with Gasteiger partial charge in [0.05, 0.1) is 12.8 Å². The second kappa shape index (κ2) is 7.88. The van der Waals surface area contributed by atoms with E-state index in [0.29, 0.717) is 26.1 Å². The van der Waals surface area contributed by atoms with Crippen LogP contribution in [0.1, 0.15) is 29.8 Å². The number of carbonyl (C=O) groups is 1. The van der Waals surface area contributed by atoms with Gasteiger partial charge in [-0.15, -0.1) is 0 Å². The first-order chi connectivity index (χ1) is 12.5. The Labute approximate surface area is 153 Å². The number of aromatic amines is 1. The maximum atomic E-state index is 12.8. The highest BCUT2D eigenvalue weighted by Crippen LogP contribution is 2.24. The highest BCUT2D eigenvalue weighted by atomic mass is 16.5. The van der Waals surface area contributed by atoms with E-state index >= 15 is 0 Å². The van der Waals surface area contributed by atoms with E-state index in [4.69, 9.17) is 4.74 Å². The number of methoxy groups -OCH3 is 1. The molecule has 3 N–H and O–H groups in total. The summed E-state index contributed by atoms with van der Waals surface area (Å²) in [5.41, 5.74) is 1.46. The first kappa shape index (κ1) is 18.4. The van der Waals surface area contributed by atoms with Crippen LogP contribution in [-0.4, -0.2) is 51.9 Å². The summed E-state index contributed by atoms with van der Waals surface area (Å²) in [5.74, 6) is 0.537. The molecular weight excluding hydrogens is 332 g/mol. The first-order valence-corrected chi connectivity index (χ1v) is 8.86.